The summed E-state index contributed by atoms with van der Waals surface area (Å²) in [6, 6.07) is 26.9. The van der Waals surface area contributed by atoms with E-state index >= 15 is 0 Å². The molecule has 4 N–H and O–H groups in total. The molecular weight excluding hydrogens is 461 g/mol. The zero-order valence-electron chi connectivity index (χ0n) is 18.8. The maximum Gasteiger partial charge on any atom is 0.430 e. The van der Waals surface area contributed by atoms with E-state index in [2.05, 4.69) is 47.4 Å². The van der Waals surface area contributed by atoms with Crippen LogP contribution in [0.2, 0.25) is 0 Å². The second-order valence-corrected chi connectivity index (χ2v) is 8.05. The van der Waals surface area contributed by atoms with Crippen molar-refractivity contribution in [2.45, 2.75) is 24.6 Å². The number of quaternary nitrogens is 1. The normalized spacial score (nSPS) is 13.0. The van der Waals surface area contributed by atoms with Crippen LogP contribution in [0.5, 0.6) is 0 Å². The molecular formula is C26H25F3N2O4. The number of halogens is 3. The van der Waals surface area contributed by atoms with Crippen LogP contribution in [-0.4, -0.2) is 37.4 Å². The lowest BCUT2D eigenvalue weighted by Gasteiger charge is -2.15. The van der Waals surface area contributed by atoms with Crippen LogP contribution in [0.3, 0.4) is 0 Å². The molecule has 0 spiro atoms. The van der Waals surface area contributed by atoms with Gasteiger partial charge in [0.2, 0.25) is 0 Å². The van der Waals surface area contributed by atoms with E-state index in [9.17, 15) is 18.0 Å². The Labute approximate surface area is 200 Å². The molecule has 4 rings (SSSR count). The predicted octanol–water partition coefficient (Wildman–Crippen LogP) is 2.68. The molecule has 1 atom stereocenters. The van der Waals surface area contributed by atoms with Crippen molar-refractivity contribution in [2.75, 3.05) is 13.2 Å². The number of ether oxygens (including phenoxy) is 1. The van der Waals surface area contributed by atoms with E-state index in [1.165, 1.54) is 27.8 Å². The maximum absolute atomic E-state index is 12.2. The van der Waals surface area contributed by atoms with Gasteiger partial charge in [0, 0.05) is 12.3 Å². The summed E-state index contributed by atoms with van der Waals surface area (Å²) >= 11 is 0. The molecule has 184 valence electrons. The zero-order chi connectivity index (χ0) is 25.4. The summed E-state index contributed by atoms with van der Waals surface area (Å²) in [6.07, 6.45) is -4.76. The van der Waals surface area contributed by atoms with E-state index in [0.717, 1.165) is 6.42 Å². The zero-order valence-corrected chi connectivity index (χ0v) is 18.8. The number of benzene rings is 3. The fourth-order valence-corrected chi connectivity index (χ4v) is 3.90. The van der Waals surface area contributed by atoms with Crippen LogP contribution >= 0.6 is 0 Å². The minimum atomic E-state index is -5.19. The number of alkyl carbamates (subject to hydrolysis) is 1. The van der Waals surface area contributed by atoms with Crippen LogP contribution in [0.1, 0.15) is 22.6 Å². The highest BCUT2D eigenvalue weighted by molar-refractivity contribution is 5.79. The molecule has 0 aromatic heterocycles. The number of nitrogens with one attached hydrogen (secondary N) is 1. The van der Waals surface area contributed by atoms with E-state index < -0.39 is 12.1 Å². The third-order valence-corrected chi connectivity index (χ3v) is 5.48. The number of alkyl halides is 3. The Morgan fingerprint density at radius 3 is 1.91 bits per heavy atom. The number of fused-ring (bicyclic) bond motifs is 3. The number of hydrogen-bond acceptors (Lipinski definition) is 4. The molecule has 0 bridgehead atoms. The van der Waals surface area contributed by atoms with Crippen molar-refractivity contribution >= 4 is 12.1 Å². The van der Waals surface area contributed by atoms with Gasteiger partial charge in [-0.05, 0) is 27.8 Å². The van der Waals surface area contributed by atoms with Gasteiger partial charge in [0.15, 0.2) is 0 Å². The maximum atomic E-state index is 12.2. The van der Waals surface area contributed by atoms with E-state index in [1.54, 1.807) is 0 Å². The SMILES string of the molecule is O=C([O-])C(F)(F)F.[NH3+][C@@H](CNC(=O)OCC1c2ccccc2-c2ccccc21)Cc1ccccc1. The lowest BCUT2D eigenvalue weighted by molar-refractivity contribution is -0.416. The largest absolute Gasteiger partial charge is 0.542 e. The summed E-state index contributed by atoms with van der Waals surface area (Å²) in [5.74, 6) is -2.93. The highest BCUT2D eigenvalue weighted by Gasteiger charge is 2.29. The van der Waals surface area contributed by atoms with Gasteiger partial charge in [-0.2, -0.15) is 13.2 Å². The van der Waals surface area contributed by atoms with Crippen molar-refractivity contribution in [3.63, 3.8) is 0 Å². The lowest BCUT2D eigenvalue weighted by Crippen LogP contribution is -2.66. The highest BCUT2D eigenvalue weighted by Crippen LogP contribution is 2.44. The van der Waals surface area contributed by atoms with Gasteiger partial charge in [-0.25, -0.2) is 4.79 Å². The Morgan fingerprint density at radius 2 is 1.40 bits per heavy atom. The summed E-state index contributed by atoms with van der Waals surface area (Å²) in [7, 11) is 0. The van der Waals surface area contributed by atoms with E-state index in [4.69, 9.17) is 14.6 Å². The predicted molar refractivity (Wildman–Crippen MR) is 121 cm³/mol. The Balaban J connectivity index is 0.000000429. The van der Waals surface area contributed by atoms with Crippen molar-refractivity contribution in [2.24, 2.45) is 0 Å². The first-order chi connectivity index (χ1) is 16.7. The number of rotatable bonds is 6. The number of aliphatic carboxylic acids is 1. The number of carbonyl (C=O) groups is 2. The van der Waals surface area contributed by atoms with Crippen LogP contribution in [0.4, 0.5) is 18.0 Å². The molecule has 0 radical (unpaired) electrons. The fraction of sp³-hybridized carbons (Fsp3) is 0.231. The molecule has 1 aliphatic rings. The van der Waals surface area contributed by atoms with Crippen LogP contribution < -0.4 is 16.2 Å². The molecule has 3 aromatic rings. The molecule has 9 heteroatoms. The molecule has 6 nitrogen and oxygen atoms in total. The lowest BCUT2D eigenvalue weighted by atomic mass is 9.98. The van der Waals surface area contributed by atoms with Crippen molar-refractivity contribution in [1.29, 1.82) is 0 Å². The van der Waals surface area contributed by atoms with Crippen molar-refractivity contribution < 1.29 is 38.3 Å². The van der Waals surface area contributed by atoms with Crippen molar-refractivity contribution in [3.8, 4) is 11.1 Å². The molecule has 0 saturated heterocycles. The highest BCUT2D eigenvalue weighted by atomic mass is 19.4. The van der Waals surface area contributed by atoms with Crippen LogP contribution in [0.15, 0.2) is 78.9 Å². The fourth-order valence-electron chi connectivity index (χ4n) is 3.90. The van der Waals surface area contributed by atoms with Gasteiger partial charge >= 0.3 is 12.3 Å². The third-order valence-electron chi connectivity index (χ3n) is 5.48. The Kier molecular flexibility index (Phi) is 8.48. The molecule has 0 saturated carbocycles. The van der Waals surface area contributed by atoms with Gasteiger partial charge in [0.25, 0.3) is 0 Å². The number of carboxylic acids is 1. The minimum absolute atomic E-state index is 0.0815. The van der Waals surface area contributed by atoms with Gasteiger partial charge in [-0.1, -0.05) is 78.9 Å². The first-order valence-corrected chi connectivity index (χ1v) is 10.9. The average molecular weight is 486 g/mol. The second-order valence-electron chi connectivity index (χ2n) is 8.05. The molecule has 3 aromatic carbocycles. The summed E-state index contributed by atoms with van der Waals surface area (Å²) in [4.78, 5) is 21.0. The summed E-state index contributed by atoms with van der Waals surface area (Å²) in [5.41, 5.74) is 10.2. The quantitative estimate of drug-likeness (QED) is 0.559. The Bertz CT molecular complexity index is 1110. The van der Waals surface area contributed by atoms with Crippen LogP contribution in [-0.2, 0) is 16.0 Å². The summed E-state index contributed by atoms with van der Waals surface area (Å²) < 4.78 is 37.1. The molecule has 0 unspecified atom stereocenters. The molecule has 1 aliphatic carbocycles. The van der Waals surface area contributed by atoms with Gasteiger partial charge in [0.1, 0.15) is 18.6 Å². The Morgan fingerprint density at radius 1 is 0.914 bits per heavy atom. The molecule has 35 heavy (non-hydrogen) atoms. The van der Waals surface area contributed by atoms with E-state index in [-0.39, 0.29) is 18.1 Å². The number of carbonyl (C=O) groups excluding carboxylic acids is 2. The van der Waals surface area contributed by atoms with E-state index in [0.29, 0.717) is 13.2 Å². The average Bonchev–Trinajstić information content (AvgIpc) is 3.15. The minimum Gasteiger partial charge on any atom is -0.542 e. The molecule has 0 heterocycles. The second kappa shape index (κ2) is 11.5. The molecule has 0 aliphatic heterocycles. The third kappa shape index (κ3) is 7.07. The smallest absolute Gasteiger partial charge is 0.430 e. The van der Waals surface area contributed by atoms with Crippen LogP contribution in [0.25, 0.3) is 11.1 Å². The topological polar surface area (TPSA) is 106 Å². The first kappa shape index (κ1) is 25.8. The van der Waals surface area contributed by atoms with Gasteiger partial charge < -0.3 is 25.7 Å². The standard InChI is InChI=1S/C24H24N2O2.C2HF3O2/c25-18(14-17-8-2-1-3-9-17)15-26-24(27)28-16-23-21-12-6-4-10-19(21)20-11-5-7-13-22(20)23;3-2(4,5)1(6)7/h1-13,18,23H,14-16,25H2,(H,26,27);(H,6,7)/t18-;/m1./s1. The van der Waals surface area contributed by atoms with Crippen molar-refractivity contribution in [3.05, 3.63) is 95.6 Å². The van der Waals surface area contributed by atoms with Gasteiger partial charge in [-0.3, -0.25) is 0 Å². The summed E-state index contributed by atoms with van der Waals surface area (Å²) in [6.45, 7) is 0.825. The van der Waals surface area contributed by atoms with Gasteiger partial charge in [-0.15, -0.1) is 0 Å². The number of amides is 1. The van der Waals surface area contributed by atoms with Crippen molar-refractivity contribution in [1.82, 2.24) is 5.32 Å². The first-order valence-electron chi connectivity index (χ1n) is 10.9. The van der Waals surface area contributed by atoms with Gasteiger partial charge in [0.05, 0.1) is 6.54 Å². The van der Waals surface area contributed by atoms with E-state index in [1.807, 2.05) is 42.5 Å². The Hall–Kier alpha value is -3.85. The number of carboxylic acid groups (broad SMARTS) is 1. The summed E-state index contributed by atoms with van der Waals surface area (Å²) in [5, 5.41) is 11.6. The van der Waals surface area contributed by atoms with Crippen LogP contribution in [0, 0.1) is 0 Å². The molecule has 1 amide bonds. The molecule has 0 fully saturated rings. The monoisotopic (exact) mass is 486 g/mol. The number of hydrogen-bond donors (Lipinski definition) is 2.